The summed E-state index contributed by atoms with van der Waals surface area (Å²) in [4.78, 5) is 40.2. The Bertz CT molecular complexity index is 905. The fourth-order valence-corrected chi connectivity index (χ4v) is 4.85. The van der Waals surface area contributed by atoms with E-state index < -0.39 is 0 Å². The minimum absolute atomic E-state index is 0.00818. The third-order valence-corrected chi connectivity index (χ3v) is 6.61. The highest BCUT2D eigenvalue weighted by Crippen LogP contribution is 2.26. The summed E-state index contributed by atoms with van der Waals surface area (Å²) in [6, 6.07) is 12.6. The van der Waals surface area contributed by atoms with Crippen LogP contribution in [0, 0.1) is 0 Å². The SMILES string of the molecule is O=C(CCC1CNC(=O)C2CC(NC(=O)Nc3ccccc3)CN12)NCc1cccs1. The largest absolute Gasteiger partial charge is 0.353 e. The molecule has 8 nitrogen and oxygen atoms in total. The average Bonchev–Trinajstić information content (AvgIpc) is 3.43. The molecule has 3 atom stereocenters. The molecule has 1 aromatic heterocycles. The predicted octanol–water partition coefficient (Wildman–Crippen LogP) is 1.91. The van der Waals surface area contributed by atoms with Crippen molar-refractivity contribution in [3.05, 3.63) is 52.7 Å². The number of carbonyl (C=O) groups is 3. The van der Waals surface area contributed by atoms with Gasteiger partial charge in [-0.3, -0.25) is 14.5 Å². The molecular weight excluding hydrogens is 414 g/mol. The molecule has 4 N–H and O–H groups in total. The summed E-state index contributed by atoms with van der Waals surface area (Å²) in [5.74, 6) is 0.00382. The lowest BCUT2D eigenvalue weighted by molar-refractivity contribution is -0.129. The van der Waals surface area contributed by atoms with Gasteiger partial charge in [-0.1, -0.05) is 24.3 Å². The quantitative estimate of drug-likeness (QED) is 0.527. The number of hydrogen-bond acceptors (Lipinski definition) is 5. The zero-order chi connectivity index (χ0) is 21.6. The summed E-state index contributed by atoms with van der Waals surface area (Å²) in [6.07, 6.45) is 1.63. The number of benzene rings is 1. The Morgan fingerprint density at radius 2 is 2.00 bits per heavy atom. The topological polar surface area (TPSA) is 103 Å². The number of para-hydroxylation sites is 1. The van der Waals surface area contributed by atoms with Crippen molar-refractivity contribution in [2.24, 2.45) is 0 Å². The number of thiophene rings is 1. The first-order valence-electron chi connectivity index (χ1n) is 10.5. The van der Waals surface area contributed by atoms with Crippen LogP contribution in [0.2, 0.25) is 0 Å². The normalized spacial score (nSPS) is 23.0. The molecule has 4 amide bonds. The minimum Gasteiger partial charge on any atom is -0.353 e. The number of urea groups is 1. The maximum absolute atomic E-state index is 12.4. The van der Waals surface area contributed by atoms with Crippen molar-refractivity contribution in [1.29, 1.82) is 0 Å². The predicted molar refractivity (Wildman–Crippen MR) is 120 cm³/mol. The summed E-state index contributed by atoms with van der Waals surface area (Å²) in [7, 11) is 0. The lowest BCUT2D eigenvalue weighted by Crippen LogP contribution is -2.58. The summed E-state index contributed by atoms with van der Waals surface area (Å²) >= 11 is 1.62. The molecule has 0 radical (unpaired) electrons. The molecule has 2 aliphatic rings. The number of nitrogens with zero attached hydrogens (tertiary/aromatic N) is 1. The molecule has 2 saturated heterocycles. The summed E-state index contributed by atoms with van der Waals surface area (Å²) in [5, 5.41) is 13.7. The second-order valence-corrected chi connectivity index (χ2v) is 8.94. The number of anilines is 1. The molecule has 0 saturated carbocycles. The molecule has 4 rings (SSSR count). The van der Waals surface area contributed by atoms with E-state index in [2.05, 4.69) is 26.2 Å². The lowest BCUT2D eigenvalue weighted by Gasteiger charge is -2.37. The third-order valence-electron chi connectivity index (χ3n) is 5.73. The van der Waals surface area contributed by atoms with Crippen molar-refractivity contribution in [3.63, 3.8) is 0 Å². The van der Waals surface area contributed by atoms with Crippen molar-refractivity contribution in [3.8, 4) is 0 Å². The Balaban J connectivity index is 1.26. The van der Waals surface area contributed by atoms with Gasteiger partial charge < -0.3 is 21.3 Å². The first-order chi connectivity index (χ1) is 15.1. The van der Waals surface area contributed by atoms with Gasteiger partial charge in [-0.25, -0.2) is 4.79 Å². The van der Waals surface area contributed by atoms with Gasteiger partial charge in [0, 0.05) is 42.2 Å². The fraction of sp³-hybridized carbons (Fsp3) is 0.409. The molecule has 2 aromatic rings. The summed E-state index contributed by atoms with van der Waals surface area (Å²) in [5.41, 5.74) is 0.722. The van der Waals surface area contributed by atoms with E-state index in [4.69, 9.17) is 0 Å². The van der Waals surface area contributed by atoms with E-state index in [1.54, 1.807) is 11.3 Å². The molecule has 31 heavy (non-hydrogen) atoms. The molecule has 2 aliphatic heterocycles. The Labute approximate surface area is 185 Å². The highest BCUT2D eigenvalue weighted by molar-refractivity contribution is 7.09. The number of amides is 4. The zero-order valence-electron chi connectivity index (χ0n) is 17.2. The van der Waals surface area contributed by atoms with Crippen LogP contribution in [0.15, 0.2) is 47.8 Å². The van der Waals surface area contributed by atoms with Crippen LogP contribution in [0.1, 0.15) is 24.1 Å². The highest BCUT2D eigenvalue weighted by Gasteiger charge is 2.43. The summed E-state index contributed by atoms with van der Waals surface area (Å²) in [6.45, 7) is 1.67. The van der Waals surface area contributed by atoms with Gasteiger partial charge >= 0.3 is 6.03 Å². The standard InChI is InChI=1S/C22H27N5O3S/c28-20(23-13-18-7-4-10-31-18)9-8-17-12-24-21(29)19-11-16(14-27(17)19)26-22(30)25-15-5-2-1-3-6-15/h1-7,10,16-17,19H,8-9,11-14H2,(H,23,28)(H,24,29)(H2,25,26,30). The Kier molecular flexibility index (Phi) is 6.83. The van der Waals surface area contributed by atoms with Gasteiger partial charge in [0.15, 0.2) is 0 Å². The van der Waals surface area contributed by atoms with Gasteiger partial charge in [0.2, 0.25) is 11.8 Å². The molecule has 0 spiro atoms. The lowest BCUT2D eigenvalue weighted by atomic mass is 10.0. The molecule has 3 heterocycles. The van der Waals surface area contributed by atoms with Gasteiger partial charge in [0.1, 0.15) is 0 Å². The second-order valence-electron chi connectivity index (χ2n) is 7.90. The Morgan fingerprint density at radius 3 is 2.77 bits per heavy atom. The highest BCUT2D eigenvalue weighted by atomic mass is 32.1. The first-order valence-corrected chi connectivity index (χ1v) is 11.4. The van der Waals surface area contributed by atoms with Crippen molar-refractivity contribution in [1.82, 2.24) is 20.9 Å². The molecule has 9 heteroatoms. The van der Waals surface area contributed by atoms with Crippen LogP contribution < -0.4 is 21.3 Å². The van der Waals surface area contributed by atoms with Gasteiger partial charge in [0.25, 0.3) is 0 Å². The smallest absolute Gasteiger partial charge is 0.319 e. The van der Waals surface area contributed by atoms with E-state index in [9.17, 15) is 14.4 Å². The van der Waals surface area contributed by atoms with Crippen molar-refractivity contribution < 1.29 is 14.4 Å². The van der Waals surface area contributed by atoms with Crippen LogP contribution in [-0.4, -0.2) is 54.0 Å². The van der Waals surface area contributed by atoms with E-state index in [1.165, 1.54) is 0 Å². The van der Waals surface area contributed by atoms with Gasteiger partial charge in [-0.15, -0.1) is 11.3 Å². The number of hydrogen-bond donors (Lipinski definition) is 4. The van der Waals surface area contributed by atoms with E-state index in [0.717, 1.165) is 10.6 Å². The van der Waals surface area contributed by atoms with E-state index in [-0.39, 0.29) is 36.0 Å². The van der Waals surface area contributed by atoms with Crippen molar-refractivity contribution in [2.75, 3.05) is 18.4 Å². The number of carbonyl (C=O) groups excluding carboxylic acids is 3. The van der Waals surface area contributed by atoms with Gasteiger partial charge in [-0.2, -0.15) is 0 Å². The van der Waals surface area contributed by atoms with Crippen molar-refractivity contribution >= 4 is 34.9 Å². The molecule has 164 valence electrons. The maximum atomic E-state index is 12.4. The summed E-state index contributed by atoms with van der Waals surface area (Å²) < 4.78 is 0. The van der Waals surface area contributed by atoms with Gasteiger partial charge in [-0.05, 0) is 36.4 Å². The first kappa shape index (κ1) is 21.3. The Hall–Kier alpha value is -2.91. The van der Waals surface area contributed by atoms with E-state index >= 15 is 0 Å². The molecule has 0 bridgehead atoms. The van der Waals surface area contributed by atoms with E-state index in [1.807, 2.05) is 47.8 Å². The number of rotatable bonds is 7. The van der Waals surface area contributed by atoms with Crippen LogP contribution in [0.3, 0.4) is 0 Å². The number of piperazine rings is 1. The number of nitrogens with one attached hydrogen (secondary N) is 4. The van der Waals surface area contributed by atoms with Crippen LogP contribution in [0.4, 0.5) is 10.5 Å². The molecule has 1 aromatic carbocycles. The minimum atomic E-state index is -0.277. The van der Waals surface area contributed by atoms with Crippen LogP contribution >= 0.6 is 11.3 Å². The third kappa shape index (κ3) is 5.62. The molecule has 0 aliphatic carbocycles. The fourth-order valence-electron chi connectivity index (χ4n) is 4.21. The van der Waals surface area contributed by atoms with Crippen LogP contribution in [0.5, 0.6) is 0 Å². The van der Waals surface area contributed by atoms with E-state index in [0.29, 0.717) is 38.9 Å². The average molecular weight is 442 g/mol. The molecule has 3 unspecified atom stereocenters. The van der Waals surface area contributed by atoms with Crippen LogP contribution in [0.25, 0.3) is 0 Å². The number of fused-ring (bicyclic) bond motifs is 1. The van der Waals surface area contributed by atoms with Gasteiger partial charge in [0.05, 0.1) is 12.6 Å². The molecule has 2 fully saturated rings. The maximum Gasteiger partial charge on any atom is 0.319 e. The monoisotopic (exact) mass is 441 g/mol. The van der Waals surface area contributed by atoms with Crippen molar-refractivity contribution in [2.45, 2.75) is 43.9 Å². The molecular formula is C22H27N5O3S. The Morgan fingerprint density at radius 1 is 1.16 bits per heavy atom. The second kappa shape index (κ2) is 9.93. The zero-order valence-corrected chi connectivity index (χ0v) is 18.0. The van der Waals surface area contributed by atoms with Crippen LogP contribution in [-0.2, 0) is 16.1 Å².